The topological polar surface area (TPSA) is 112 Å². The minimum atomic E-state index is -0.492. The Kier molecular flexibility index (Phi) is 7.09. The molecule has 3 aromatic rings. The minimum Gasteiger partial charge on any atom is -0.445 e. The molecule has 0 radical (unpaired) electrons. The zero-order valence-corrected chi connectivity index (χ0v) is 18.6. The molecule has 1 saturated heterocycles. The summed E-state index contributed by atoms with van der Waals surface area (Å²) >= 11 is 11.9. The first kappa shape index (κ1) is 22.3. The molecule has 168 valence electrons. The van der Waals surface area contributed by atoms with E-state index in [2.05, 4.69) is 30.9 Å². The van der Waals surface area contributed by atoms with Crippen molar-refractivity contribution in [2.24, 2.45) is 0 Å². The molecule has 1 aliphatic heterocycles. The third kappa shape index (κ3) is 6.09. The Labute approximate surface area is 194 Å². The fraction of sp³-hybridized carbons (Fsp3) is 0.333. The summed E-state index contributed by atoms with van der Waals surface area (Å²) in [6, 6.07) is 10.4. The van der Waals surface area contributed by atoms with E-state index in [0.717, 1.165) is 24.0 Å². The number of fused-ring (bicyclic) bond motifs is 1. The normalized spacial score (nSPS) is 16.2. The number of H-pyrrole nitrogens is 1. The van der Waals surface area contributed by atoms with Gasteiger partial charge in [0.05, 0.1) is 0 Å². The summed E-state index contributed by atoms with van der Waals surface area (Å²) in [5, 5.41) is 17.3. The van der Waals surface area contributed by atoms with E-state index in [1.807, 2.05) is 0 Å². The van der Waals surface area contributed by atoms with Gasteiger partial charge >= 0.3 is 6.09 Å². The second-order valence-corrected chi connectivity index (χ2v) is 8.48. The predicted molar refractivity (Wildman–Crippen MR) is 122 cm³/mol. The van der Waals surface area contributed by atoms with Crippen LogP contribution in [0.1, 0.15) is 18.4 Å². The van der Waals surface area contributed by atoms with Crippen LogP contribution in [0.2, 0.25) is 10.0 Å². The lowest BCUT2D eigenvalue weighted by molar-refractivity contribution is -0.116. The number of rotatable bonds is 7. The summed E-state index contributed by atoms with van der Waals surface area (Å²) in [6.45, 7) is 2.15. The van der Waals surface area contributed by atoms with Gasteiger partial charge in [-0.15, -0.1) is 0 Å². The van der Waals surface area contributed by atoms with Gasteiger partial charge in [0, 0.05) is 47.8 Å². The summed E-state index contributed by atoms with van der Waals surface area (Å²) in [5.41, 5.74) is 2.84. The lowest BCUT2D eigenvalue weighted by atomic mass is 10.2. The smallest absolute Gasteiger partial charge is 0.407 e. The second-order valence-electron chi connectivity index (χ2n) is 7.61. The van der Waals surface area contributed by atoms with E-state index in [0.29, 0.717) is 40.8 Å². The Morgan fingerprint density at radius 2 is 1.91 bits per heavy atom. The number of alkyl carbamates (subject to hydrolysis) is 1. The van der Waals surface area contributed by atoms with E-state index in [9.17, 15) is 9.59 Å². The van der Waals surface area contributed by atoms with Crippen LogP contribution in [0.4, 0.5) is 10.5 Å². The van der Waals surface area contributed by atoms with E-state index in [1.165, 1.54) is 0 Å². The maximum atomic E-state index is 12.3. The lowest BCUT2D eigenvalue weighted by Gasteiger charge is -2.16. The first-order chi connectivity index (χ1) is 15.4. The molecule has 1 aliphatic rings. The number of hydrogen-bond donors (Lipinski definition) is 3. The highest BCUT2D eigenvalue weighted by Gasteiger charge is 2.24. The van der Waals surface area contributed by atoms with Crippen molar-refractivity contribution in [2.75, 3.05) is 25.0 Å². The van der Waals surface area contributed by atoms with Crippen LogP contribution >= 0.6 is 23.2 Å². The zero-order chi connectivity index (χ0) is 22.5. The third-order valence-electron chi connectivity index (χ3n) is 5.14. The SMILES string of the molecule is O=C(CCN1CCC(NC(=O)OCc2cc(Cl)cc(Cl)c2)C1)Nc1ccc2n[nH]nc2c1. The highest BCUT2D eigenvalue weighted by atomic mass is 35.5. The summed E-state index contributed by atoms with van der Waals surface area (Å²) in [4.78, 5) is 26.5. The van der Waals surface area contributed by atoms with E-state index in [1.54, 1.807) is 36.4 Å². The molecule has 9 nitrogen and oxygen atoms in total. The van der Waals surface area contributed by atoms with Crippen molar-refractivity contribution in [1.82, 2.24) is 25.6 Å². The van der Waals surface area contributed by atoms with Crippen LogP contribution in [0.3, 0.4) is 0 Å². The molecular weight excluding hydrogens is 455 g/mol. The summed E-state index contributed by atoms with van der Waals surface area (Å²) < 4.78 is 5.26. The molecule has 0 saturated carbocycles. The van der Waals surface area contributed by atoms with Crippen LogP contribution in [0.25, 0.3) is 11.0 Å². The molecule has 32 heavy (non-hydrogen) atoms. The van der Waals surface area contributed by atoms with Gasteiger partial charge in [0.2, 0.25) is 5.91 Å². The molecule has 4 rings (SSSR count). The van der Waals surface area contributed by atoms with E-state index in [-0.39, 0.29) is 18.6 Å². The Morgan fingerprint density at radius 1 is 1.12 bits per heavy atom. The second kappa shape index (κ2) is 10.2. The summed E-state index contributed by atoms with van der Waals surface area (Å²) in [6.07, 6.45) is 0.653. The largest absolute Gasteiger partial charge is 0.445 e. The summed E-state index contributed by atoms with van der Waals surface area (Å²) in [7, 11) is 0. The van der Waals surface area contributed by atoms with Crippen LogP contribution in [0, 0.1) is 0 Å². The van der Waals surface area contributed by atoms with Crippen molar-refractivity contribution in [3.05, 3.63) is 52.0 Å². The van der Waals surface area contributed by atoms with Crippen LogP contribution in [-0.2, 0) is 16.1 Å². The highest BCUT2D eigenvalue weighted by molar-refractivity contribution is 6.34. The number of aromatic nitrogens is 3. The predicted octanol–water partition coefficient (Wildman–Crippen LogP) is 3.59. The van der Waals surface area contributed by atoms with Gasteiger partial charge in [-0.1, -0.05) is 23.2 Å². The van der Waals surface area contributed by atoms with Crippen molar-refractivity contribution >= 4 is 51.9 Å². The van der Waals surface area contributed by atoms with Gasteiger partial charge in [-0.05, 0) is 48.4 Å². The first-order valence-electron chi connectivity index (χ1n) is 10.2. The Bertz CT molecular complexity index is 1100. The molecule has 0 bridgehead atoms. The number of anilines is 1. The van der Waals surface area contributed by atoms with E-state index >= 15 is 0 Å². The number of nitrogens with one attached hydrogen (secondary N) is 3. The molecule has 2 aromatic carbocycles. The number of likely N-dealkylation sites (tertiary alicyclic amines) is 1. The number of nitrogens with zero attached hydrogens (tertiary/aromatic N) is 3. The number of carbonyl (C=O) groups is 2. The number of hydrogen-bond acceptors (Lipinski definition) is 6. The molecule has 1 atom stereocenters. The third-order valence-corrected chi connectivity index (χ3v) is 5.58. The minimum absolute atomic E-state index is 0.0249. The highest BCUT2D eigenvalue weighted by Crippen LogP contribution is 2.20. The van der Waals surface area contributed by atoms with Crippen molar-refractivity contribution in [3.8, 4) is 0 Å². The van der Waals surface area contributed by atoms with Crippen molar-refractivity contribution in [1.29, 1.82) is 0 Å². The molecule has 3 N–H and O–H groups in total. The number of benzene rings is 2. The molecule has 2 heterocycles. The molecule has 0 spiro atoms. The molecule has 1 fully saturated rings. The number of aromatic amines is 1. The average Bonchev–Trinajstić information content (AvgIpc) is 3.39. The average molecular weight is 477 g/mol. The van der Waals surface area contributed by atoms with Crippen LogP contribution < -0.4 is 10.6 Å². The molecule has 2 amide bonds. The quantitative estimate of drug-likeness (QED) is 0.480. The maximum absolute atomic E-state index is 12.3. The Balaban J connectivity index is 1.16. The van der Waals surface area contributed by atoms with Crippen molar-refractivity contribution in [2.45, 2.75) is 25.5 Å². The standard InChI is InChI=1S/C21H22Cl2N6O3/c22-14-7-13(8-15(23)9-14)12-32-21(31)25-17-3-5-29(11-17)6-4-20(30)24-16-1-2-18-19(10-16)27-28-26-18/h1-2,7-10,17H,3-6,11-12H2,(H,24,30)(H,25,31)(H,26,27,28). The van der Waals surface area contributed by atoms with Gasteiger partial charge in [0.25, 0.3) is 0 Å². The summed E-state index contributed by atoms with van der Waals surface area (Å²) in [5.74, 6) is -0.0798. The number of carbonyl (C=O) groups excluding carboxylic acids is 2. The van der Waals surface area contributed by atoms with Gasteiger partial charge < -0.3 is 20.3 Å². The molecule has 1 unspecified atom stereocenters. The van der Waals surface area contributed by atoms with Crippen LogP contribution in [0.15, 0.2) is 36.4 Å². The first-order valence-corrected chi connectivity index (χ1v) is 10.9. The number of halogens is 2. The van der Waals surface area contributed by atoms with Gasteiger partial charge in [0.1, 0.15) is 17.6 Å². The Morgan fingerprint density at radius 3 is 2.72 bits per heavy atom. The molecular formula is C21H22Cl2N6O3. The number of ether oxygens (including phenoxy) is 1. The molecule has 1 aromatic heterocycles. The fourth-order valence-electron chi connectivity index (χ4n) is 3.61. The fourth-order valence-corrected chi connectivity index (χ4v) is 4.18. The lowest BCUT2D eigenvalue weighted by Crippen LogP contribution is -2.37. The van der Waals surface area contributed by atoms with Gasteiger partial charge in [0.15, 0.2) is 0 Å². The zero-order valence-electron chi connectivity index (χ0n) is 17.1. The maximum Gasteiger partial charge on any atom is 0.407 e. The van der Waals surface area contributed by atoms with Crippen LogP contribution in [-0.4, -0.2) is 58.0 Å². The number of amides is 2. The van der Waals surface area contributed by atoms with Gasteiger partial charge in [-0.25, -0.2) is 4.79 Å². The Hall–Kier alpha value is -2.88. The molecule has 11 heteroatoms. The van der Waals surface area contributed by atoms with Gasteiger partial charge in [-0.3, -0.25) is 4.79 Å². The molecule has 0 aliphatic carbocycles. The van der Waals surface area contributed by atoms with Gasteiger partial charge in [-0.2, -0.15) is 15.4 Å². The monoisotopic (exact) mass is 476 g/mol. The van der Waals surface area contributed by atoms with Crippen molar-refractivity contribution < 1.29 is 14.3 Å². The van der Waals surface area contributed by atoms with E-state index < -0.39 is 6.09 Å². The van der Waals surface area contributed by atoms with Crippen molar-refractivity contribution in [3.63, 3.8) is 0 Å². The van der Waals surface area contributed by atoms with Crippen LogP contribution in [0.5, 0.6) is 0 Å². The van der Waals surface area contributed by atoms with E-state index in [4.69, 9.17) is 27.9 Å².